The van der Waals surface area contributed by atoms with Gasteiger partial charge in [-0.15, -0.1) is 9.32 Å². The fourth-order valence-corrected chi connectivity index (χ4v) is 3.90. The van der Waals surface area contributed by atoms with Gasteiger partial charge >= 0.3 is 0 Å². The summed E-state index contributed by atoms with van der Waals surface area (Å²) >= 11 is 0.720. The Morgan fingerprint density at radius 1 is 0.939 bits per heavy atom. The van der Waals surface area contributed by atoms with Crippen LogP contribution in [0.2, 0.25) is 0 Å². The number of allylic oxidation sites excluding steroid dienone is 7. The van der Waals surface area contributed by atoms with Gasteiger partial charge in [0, 0.05) is 5.69 Å². The van der Waals surface area contributed by atoms with Crippen molar-refractivity contribution in [1.29, 1.82) is 0 Å². The number of nitrogens with one attached hydrogen (secondary N) is 2. The van der Waals surface area contributed by atoms with Crippen LogP contribution in [0.3, 0.4) is 0 Å². The predicted molar refractivity (Wildman–Crippen MR) is 131 cm³/mol. The summed E-state index contributed by atoms with van der Waals surface area (Å²) < 4.78 is 32.4. The summed E-state index contributed by atoms with van der Waals surface area (Å²) in [7, 11) is -3.99. The molecule has 0 fully saturated rings. The third kappa shape index (κ3) is 9.38. The lowest BCUT2D eigenvalue weighted by atomic mass is 10.3. The normalized spacial score (nSPS) is 13.2. The third-order valence-corrected chi connectivity index (χ3v) is 6.08. The molecule has 174 valence electrons. The van der Waals surface area contributed by atoms with Crippen LogP contribution in [0, 0.1) is 0 Å². The standard InChI is InChI=1S/C23H24N2O6S2/c1-18(26)22(32-31-30-24-20-12-6-3-7-13-20)16-10-5-11-17-23(19(2)27)33(28,29)25-21-14-8-4-9-15-21/h3-17,24-25,27H,1-2H3. The van der Waals surface area contributed by atoms with Crippen LogP contribution >= 0.6 is 12.0 Å². The molecule has 0 atom stereocenters. The number of hydrogen-bond donors (Lipinski definition) is 3. The highest BCUT2D eigenvalue weighted by atomic mass is 32.2. The number of aliphatic hydroxyl groups is 1. The summed E-state index contributed by atoms with van der Waals surface area (Å²) in [6.45, 7) is 2.65. The molecule has 3 N–H and O–H groups in total. The Morgan fingerprint density at radius 3 is 2.12 bits per heavy atom. The number of ketones is 1. The largest absolute Gasteiger partial charge is 0.511 e. The van der Waals surface area contributed by atoms with Gasteiger partial charge in [0.15, 0.2) is 5.78 Å². The first-order valence-electron chi connectivity index (χ1n) is 9.64. The molecule has 0 saturated heterocycles. The fraction of sp³-hybridized carbons (Fsp3) is 0.0870. The van der Waals surface area contributed by atoms with Crippen molar-refractivity contribution in [3.8, 4) is 0 Å². The van der Waals surface area contributed by atoms with Gasteiger partial charge in [0.05, 0.1) is 22.6 Å². The van der Waals surface area contributed by atoms with Gasteiger partial charge in [-0.05, 0) is 50.3 Å². The number of para-hydroxylation sites is 2. The molecule has 0 radical (unpaired) electrons. The quantitative estimate of drug-likeness (QED) is 0.0690. The van der Waals surface area contributed by atoms with Crippen molar-refractivity contribution < 1.29 is 27.6 Å². The van der Waals surface area contributed by atoms with E-state index in [9.17, 15) is 18.3 Å². The Bertz CT molecular complexity index is 1140. The minimum absolute atomic E-state index is 0.252. The van der Waals surface area contributed by atoms with Crippen LogP contribution < -0.4 is 10.2 Å². The van der Waals surface area contributed by atoms with Crippen LogP contribution in [0.4, 0.5) is 11.4 Å². The van der Waals surface area contributed by atoms with Crippen LogP contribution in [0.1, 0.15) is 13.8 Å². The first kappa shape index (κ1) is 25.9. The van der Waals surface area contributed by atoms with Crippen molar-refractivity contribution in [2.75, 3.05) is 10.2 Å². The lowest BCUT2D eigenvalue weighted by molar-refractivity contribution is -0.160. The van der Waals surface area contributed by atoms with Crippen LogP contribution in [0.5, 0.6) is 0 Å². The maximum absolute atomic E-state index is 12.6. The van der Waals surface area contributed by atoms with Gasteiger partial charge in [-0.25, -0.2) is 13.9 Å². The number of rotatable bonds is 12. The van der Waals surface area contributed by atoms with Crippen molar-refractivity contribution in [3.63, 3.8) is 0 Å². The highest BCUT2D eigenvalue weighted by molar-refractivity contribution is 7.99. The molecule has 0 aromatic heterocycles. The molecule has 0 aliphatic rings. The van der Waals surface area contributed by atoms with Gasteiger partial charge in [0.2, 0.25) is 0 Å². The number of anilines is 2. The average Bonchev–Trinajstić information content (AvgIpc) is 2.77. The molecule has 0 unspecified atom stereocenters. The number of hydrogen-bond acceptors (Lipinski definition) is 8. The minimum atomic E-state index is -3.99. The van der Waals surface area contributed by atoms with E-state index in [-0.39, 0.29) is 21.4 Å². The Hall–Kier alpha value is -3.31. The Kier molecular flexibility index (Phi) is 10.4. The van der Waals surface area contributed by atoms with E-state index >= 15 is 0 Å². The number of benzene rings is 2. The van der Waals surface area contributed by atoms with Crippen molar-refractivity contribution >= 4 is 39.2 Å². The molecular formula is C23H24N2O6S2. The van der Waals surface area contributed by atoms with E-state index in [1.807, 2.05) is 18.2 Å². The minimum Gasteiger partial charge on any atom is -0.511 e. The zero-order valence-electron chi connectivity index (χ0n) is 18.0. The molecular weight excluding hydrogens is 464 g/mol. The number of Topliss-reactive ketones (excluding diaryl/α,β-unsaturated/α-hetero) is 1. The molecule has 0 saturated carbocycles. The number of sulfonamides is 1. The lowest BCUT2D eigenvalue weighted by Gasteiger charge is -2.09. The van der Waals surface area contributed by atoms with Gasteiger partial charge in [-0.2, -0.15) is 0 Å². The molecule has 2 aromatic carbocycles. The van der Waals surface area contributed by atoms with Crippen molar-refractivity contribution in [2.45, 2.75) is 13.8 Å². The van der Waals surface area contributed by atoms with Gasteiger partial charge < -0.3 is 5.11 Å². The number of carbonyl (C=O) groups excluding carboxylic acids is 1. The van der Waals surface area contributed by atoms with E-state index < -0.39 is 10.0 Å². The SMILES string of the molecule is CC(=O)C(=CC=CC=CC(=C(C)O)S(=O)(=O)Nc1ccccc1)SOONc1ccccc1. The summed E-state index contributed by atoms with van der Waals surface area (Å²) in [6.07, 6.45) is 7.18. The Morgan fingerprint density at radius 2 is 1.55 bits per heavy atom. The maximum atomic E-state index is 12.6. The highest BCUT2D eigenvalue weighted by Gasteiger charge is 2.18. The number of aliphatic hydroxyl groups excluding tert-OH is 1. The van der Waals surface area contributed by atoms with Crippen molar-refractivity contribution in [2.24, 2.45) is 0 Å². The summed E-state index contributed by atoms with van der Waals surface area (Å²) in [5.41, 5.74) is 3.62. The maximum Gasteiger partial charge on any atom is 0.265 e. The second kappa shape index (κ2) is 13.3. The first-order valence-corrected chi connectivity index (χ1v) is 11.9. The van der Waals surface area contributed by atoms with Gasteiger partial charge in [0.25, 0.3) is 10.0 Å². The molecule has 8 nitrogen and oxygen atoms in total. The van der Waals surface area contributed by atoms with E-state index in [4.69, 9.17) is 9.32 Å². The number of carbonyl (C=O) groups is 1. The van der Waals surface area contributed by atoms with E-state index in [1.54, 1.807) is 42.5 Å². The molecule has 0 bridgehead atoms. The van der Waals surface area contributed by atoms with Crippen LogP contribution in [-0.2, 0) is 24.1 Å². The lowest BCUT2D eigenvalue weighted by Crippen LogP contribution is -2.15. The molecule has 0 aliphatic carbocycles. The van der Waals surface area contributed by atoms with E-state index in [0.717, 1.165) is 12.0 Å². The smallest absolute Gasteiger partial charge is 0.265 e. The van der Waals surface area contributed by atoms with E-state index in [1.165, 1.54) is 44.2 Å². The second-order valence-electron chi connectivity index (χ2n) is 6.46. The van der Waals surface area contributed by atoms with Crippen molar-refractivity contribution in [3.05, 3.63) is 107 Å². The molecule has 0 spiro atoms. The summed E-state index contributed by atoms with van der Waals surface area (Å²) in [6, 6.07) is 17.4. The molecule has 0 amide bonds. The van der Waals surface area contributed by atoms with Gasteiger partial charge in [-0.1, -0.05) is 54.6 Å². The molecule has 2 rings (SSSR count). The first-order chi connectivity index (χ1) is 15.8. The Balaban J connectivity index is 1.96. The van der Waals surface area contributed by atoms with Gasteiger partial charge in [0.1, 0.15) is 10.7 Å². The van der Waals surface area contributed by atoms with Gasteiger partial charge in [-0.3, -0.25) is 9.52 Å². The molecule has 33 heavy (non-hydrogen) atoms. The highest BCUT2D eigenvalue weighted by Crippen LogP contribution is 2.20. The van der Waals surface area contributed by atoms with Crippen molar-refractivity contribution in [1.82, 2.24) is 0 Å². The molecule has 0 aliphatic heterocycles. The monoisotopic (exact) mass is 488 g/mol. The topological polar surface area (TPSA) is 114 Å². The summed E-state index contributed by atoms with van der Waals surface area (Å²) in [5, 5.41) is 9.84. The van der Waals surface area contributed by atoms with Crippen LogP contribution in [-0.4, -0.2) is 19.3 Å². The van der Waals surface area contributed by atoms with E-state index in [0.29, 0.717) is 11.4 Å². The molecule has 2 aromatic rings. The Labute approximate surface area is 197 Å². The van der Waals surface area contributed by atoms with E-state index in [2.05, 4.69) is 10.2 Å². The average molecular weight is 489 g/mol. The third-order valence-electron chi connectivity index (χ3n) is 3.83. The summed E-state index contributed by atoms with van der Waals surface area (Å²) in [4.78, 5) is 16.6. The van der Waals surface area contributed by atoms with Crippen LogP contribution in [0.15, 0.2) is 107 Å². The molecule has 0 heterocycles. The predicted octanol–water partition coefficient (Wildman–Crippen LogP) is 5.43. The molecule has 10 heteroatoms. The fourth-order valence-electron chi connectivity index (χ4n) is 2.30. The summed E-state index contributed by atoms with van der Waals surface area (Å²) in [5.74, 6) is -0.617. The second-order valence-corrected chi connectivity index (χ2v) is 8.85. The zero-order valence-corrected chi connectivity index (χ0v) is 19.6. The van der Waals surface area contributed by atoms with Crippen LogP contribution in [0.25, 0.3) is 0 Å². The zero-order chi connectivity index (χ0) is 24.1.